The first-order valence-corrected chi connectivity index (χ1v) is 6.95. The molecule has 100 valence electrons. The maximum atomic E-state index is 4.33. The van der Waals surface area contributed by atoms with Crippen molar-refractivity contribution >= 4 is 11.6 Å². The van der Waals surface area contributed by atoms with Crippen molar-refractivity contribution in [1.29, 1.82) is 0 Å². The fraction of sp³-hybridized carbons (Fsp3) is 0.714. The predicted octanol–water partition coefficient (Wildman–Crippen LogP) is 3.06. The van der Waals surface area contributed by atoms with Crippen molar-refractivity contribution in [3.05, 3.63) is 11.9 Å². The highest BCUT2D eigenvalue weighted by Gasteiger charge is 2.21. The summed E-state index contributed by atoms with van der Waals surface area (Å²) in [5.74, 6) is 3.49. The van der Waals surface area contributed by atoms with Crippen LogP contribution in [0.4, 0.5) is 11.6 Å². The Hall–Kier alpha value is -1.32. The highest BCUT2D eigenvalue weighted by Crippen LogP contribution is 2.30. The van der Waals surface area contributed by atoms with E-state index in [2.05, 4.69) is 34.4 Å². The summed E-state index contributed by atoms with van der Waals surface area (Å²) in [4.78, 5) is 8.54. The Bertz CT molecular complexity index is 391. The van der Waals surface area contributed by atoms with E-state index < -0.39 is 0 Å². The SMILES string of the molecule is CNc1ncnc(NCC2CCCCC2C)c1C. The van der Waals surface area contributed by atoms with Crippen LogP contribution in [0.2, 0.25) is 0 Å². The highest BCUT2D eigenvalue weighted by atomic mass is 15.1. The van der Waals surface area contributed by atoms with E-state index in [0.29, 0.717) is 0 Å². The van der Waals surface area contributed by atoms with Crippen LogP contribution in [0.3, 0.4) is 0 Å². The number of rotatable bonds is 4. The molecule has 2 rings (SSSR count). The summed E-state index contributed by atoms with van der Waals surface area (Å²) in [6.07, 6.45) is 7.11. The van der Waals surface area contributed by atoms with Crippen molar-refractivity contribution in [2.75, 3.05) is 24.2 Å². The molecule has 0 saturated heterocycles. The van der Waals surface area contributed by atoms with Gasteiger partial charge in [0.15, 0.2) is 0 Å². The molecule has 2 atom stereocenters. The second-order valence-electron chi connectivity index (χ2n) is 5.35. The van der Waals surface area contributed by atoms with Crippen LogP contribution < -0.4 is 10.6 Å². The lowest BCUT2D eigenvalue weighted by molar-refractivity contribution is 0.268. The van der Waals surface area contributed by atoms with Gasteiger partial charge in [-0.15, -0.1) is 0 Å². The third-order valence-corrected chi connectivity index (χ3v) is 4.14. The van der Waals surface area contributed by atoms with E-state index >= 15 is 0 Å². The van der Waals surface area contributed by atoms with E-state index in [-0.39, 0.29) is 0 Å². The predicted molar refractivity (Wildman–Crippen MR) is 75.9 cm³/mol. The maximum Gasteiger partial charge on any atom is 0.134 e. The first-order valence-electron chi connectivity index (χ1n) is 6.95. The highest BCUT2D eigenvalue weighted by molar-refractivity contribution is 5.56. The van der Waals surface area contributed by atoms with Gasteiger partial charge < -0.3 is 10.6 Å². The van der Waals surface area contributed by atoms with Crippen molar-refractivity contribution in [3.63, 3.8) is 0 Å². The standard InChI is InChI=1S/C14H24N4/c1-10-6-4-5-7-12(10)8-16-14-11(2)13(15-3)17-9-18-14/h9-10,12H,4-8H2,1-3H3,(H2,15,16,17,18). The molecule has 0 amide bonds. The molecule has 0 radical (unpaired) electrons. The molecule has 18 heavy (non-hydrogen) atoms. The Morgan fingerprint density at radius 2 is 1.94 bits per heavy atom. The van der Waals surface area contributed by atoms with Gasteiger partial charge in [0.05, 0.1) is 0 Å². The van der Waals surface area contributed by atoms with Gasteiger partial charge in [0.2, 0.25) is 0 Å². The molecule has 1 aliphatic rings. The van der Waals surface area contributed by atoms with Crippen molar-refractivity contribution in [1.82, 2.24) is 9.97 Å². The minimum absolute atomic E-state index is 0.783. The summed E-state index contributed by atoms with van der Waals surface area (Å²) < 4.78 is 0. The Morgan fingerprint density at radius 1 is 1.22 bits per heavy atom. The molecule has 1 heterocycles. The summed E-state index contributed by atoms with van der Waals surface area (Å²) in [5.41, 5.74) is 1.10. The Balaban J connectivity index is 1.97. The molecule has 0 aliphatic heterocycles. The minimum atomic E-state index is 0.783. The normalized spacial score (nSPS) is 23.7. The van der Waals surface area contributed by atoms with Crippen LogP contribution >= 0.6 is 0 Å². The van der Waals surface area contributed by atoms with Crippen LogP contribution in [-0.4, -0.2) is 23.6 Å². The zero-order chi connectivity index (χ0) is 13.0. The van der Waals surface area contributed by atoms with Crippen LogP contribution in [-0.2, 0) is 0 Å². The van der Waals surface area contributed by atoms with Crippen molar-refractivity contribution in [2.24, 2.45) is 11.8 Å². The summed E-state index contributed by atoms with van der Waals surface area (Å²) in [5, 5.41) is 6.59. The van der Waals surface area contributed by atoms with Gasteiger partial charge in [-0.3, -0.25) is 0 Å². The number of nitrogens with zero attached hydrogens (tertiary/aromatic N) is 2. The lowest BCUT2D eigenvalue weighted by Gasteiger charge is -2.29. The summed E-state index contributed by atoms with van der Waals surface area (Å²) >= 11 is 0. The topological polar surface area (TPSA) is 49.8 Å². The molecule has 1 aliphatic carbocycles. The monoisotopic (exact) mass is 248 g/mol. The molecule has 1 saturated carbocycles. The van der Waals surface area contributed by atoms with E-state index in [1.165, 1.54) is 25.7 Å². The van der Waals surface area contributed by atoms with Gasteiger partial charge in [0.25, 0.3) is 0 Å². The number of anilines is 2. The molecule has 1 aromatic heterocycles. The second kappa shape index (κ2) is 6.03. The molecule has 2 N–H and O–H groups in total. The van der Waals surface area contributed by atoms with E-state index in [9.17, 15) is 0 Å². The molecule has 4 nitrogen and oxygen atoms in total. The maximum absolute atomic E-state index is 4.33. The van der Waals surface area contributed by atoms with Gasteiger partial charge in [-0.05, 0) is 25.2 Å². The zero-order valence-corrected chi connectivity index (χ0v) is 11.7. The second-order valence-corrected chi connectivity index (χ2v) is 5.35. The molecule has 1 aromatic rings. The van der Waals surface area contributed by atoms with Gasteiger partial charge in [-0.1, -0.05) is 26.2 Å². The third kappa shape index (κ3) is 2.92. The van der Waals surface area contributed by atoms with Crippen LogP contribution in [0.5, 0.6) is 0 Å². The number of nitrogens with one attached hydrogen (secondary N) is 2. The van der Waals surface area contributed by atoms with E-state index in [1.54, 1.807) is 6.33 Å². The van der Waals surface area contributed by atoms with Crippen LogP contribution in [0.25, 0.3) is 0 Å². The average Bonchev–Trinajstić information content (AvgIpc) is 2.39. The Labute approximate surface area is 110 Å². The van der Waals surface area contributed by atoms with Crippen LogP contribution in [0.15, 0.2) is 6.33 Å². The lowest BCUT2D eigenvalue weighted by atomic mass is 9.80. The first kappa shape index (κ1) is 13.1. The number of aromatic nitrogens is 2. The molecule has 4 heteroatoms. The van der Waals surface area contributed by atoms with Gasteiger partial charge in [0.1, 0.15) is 18.0 Å². The third-order valence-electron chi connectivity index (χ3n) is 4.14. The number of hydrogen-bond donors (Lipinski definition) is 2. The quantitative estimate of drug-likeness (QED) is 0.860. The summed E-state index contributed by atoms with van der Waals surface area (Å²) in [7, 11) is 1.89. The van der Waals surface area contributed by atoms with Gasteiger partial charge in [-0.25, -0.2) is 9.97 Å². The summed E-state index contributed by atoms with van der Waals surface area (Å²) in [6, 6.07) is 0. The smallest absolute Gasteiger partial charge is 0.134 e. The summed E-state index contributed by atoms with van der Waals surface area (Å²) in [6.45, 7) is 5.46. The molecule has 0 bridgehead atoms. The van der Waals surface area contributed by atoms with E-state index in [4.69, 9.17) is 0 Å². The lowest BCUT2D eigenvalue weighted by Crippen LogP contribution is -2.25. The molecular weight excluding hydrogens is 224 g/mol. The molecule has 0 spiro atoms. The van der Waals surface area contributed by atoms with Crippen molar-refractivity contribution < 1.29 is 0 Å². The van der Waals surface area contributed by atoms with Crippen LogP contribution in [0, 0.1) is 18.8 Å². The largest absolute Gasteiger partial charge is 0.373 e. The molecule has 0 aromatic carbocycles. The zero-order valence-electron chi connectivity index (χ0n) is 11.7. The van der Waals surface area contributed by atoms with E-state index in [0.717, 1.165) is 35.6 Å². The number of hydrogen-bond acceptors (Lipinski definition) is 4. The van der Waals surface area contributed by atoms with Crippen molar-refractivity contribution in [3.8, 4) is 0 Å². The fourth-order valence-corrected chi connectivity index (χ4v) is 2.80. The Kier molecular flexibility index (Phi) is 4.39. The Morgan fingerprint density at radius 3 is 2.67 bits per heavy atom. The average molecular weight is 248 g/mol. The minimum Gasteiger partial charge on any atom is -0.373 e. The van der Waals surface area contributed by atoms with Gasteiger partial charge >= 0.3 is 0 Å². The molecule has 1 fully saturated rings. The van der Waals surface area contributed by atoms with Gasteiger partial charge in [0, 0.05) is 19.2 Å². The first-order chi connectivity index (χ1) is 8.72. The fourth-order valence-electron chi connectivity index (χ4n) is 2.80. The molecule has 2 unspecified atom stereocenters. The van der Waals surface area contributed by atoms with Gasteiger partial charge in [-0.2, -0.15) is 0 Å². The van der Waals surface area contributed by atoms with Crippen molar-refractivity contribution in [2.45, 2.75) is 39.5 Å². The van der Waals surface area contributed by atoms with E-state index in [1.807, 2.05) is 7.05 Å². The molecular formula is C14H24N4. The van der Waals surface area contributed by atoms with Crippen LogP contribution in [0.1, 0.15) is 38.2 Å².